The lowest BCUT2D eigenvalue weighted by molar-refractivity contribution is -0.274. The van der Waals surface area contributed by atoms with Gasteiger partial charge >= 0.3 is 6.36 Å². The van der Waals surface area contributed by atoms with Crippen LogP contribution in [0.15, 0.2) is 48.5 Å². The van der Waals surface area contributed by atoms with Gasteiger partial charge in [-0.1, -0.05) is 12.1 Å². The monoisotopic (exact) mass is 469 g/mol. The maximum Gasteiger partial charge on any atom is 0.573 e. The standard InChI is InChI=1S/C24H22F3N5O2/c1-14-20-11-16(5-8-21(20)31-23(29-14)32-13-17-10-18(32)12-28-17)30-22(33)9-4-15-2-6-19(7-3-15)34-24(25,26)27/h2-9,11,17-18,28H,10,12-13H2,1H3,(H,30,33). The molecule has 2 fully saturated rings. The maximum atomic E-state index is 12.3. The lowest BCUT2D eigenvalue weighted by Crippen LogP contribution is -2.44. The number of rotatable bonds is 5. The molecule has 7 nitrogen and oxygen atoms in total. The number of fused-ring (bicyclic) bond motifs is 3. The average molecular weight is 469 g/mol. The Morgan fingerprint density at radius 1 is 1.21 bits per heavy atom. The molecule has 3 aromatic rings. The van der Waals surface area contributed by atoms with Crippen LogP contribution in [0.5, 0.6) is 5.75 Å². The normalized spacial score (nSPS) is 19.8. The van der Waals surface area contributed by atoms with E-state index in [4.69, 9.17) is 9.97 Å². The van der Waals surface area contributed by atoms with Crippen molar-refractivity contribution in [2.24, 2.45) is 0 Å². The molecule has 0 aliphatic carbocycles. The molecule has 2 N–H and O–H groups in total. The fraction of sp³-hybridized carbons (Fsp3) is 0.292. The topological polar surface area (TPSA) is 79.4 Å². The molecule has 5 rings (SSSR count). The van der Waals surface area contributed by atoms with Gasteiger partial charge in [0, 0.05) is 42.3 Å². The number of aryl methyl sites for hydroxylation is 1. The number of hydrogen-bond donors (Lipinski definition) is 2. The first-order valence-electron chi connectivity index (χ1n) is 10.9. The van der Waals surface area contributed by atoms with E-state index in [1.165, 1.54) is 36.4 Å². The molecule has 0 radical (unpaired) electrons. The van der Waals surface area contributed by atoms with E-state index >= 15 is 0 Å². The van der Waals surface area contributed by atoms with Crippen LogP contribution < -0.4 is 20.3 Å². The number of amides is 1. The highest BCUT2D eigenvalue weighted by Gasteiger charge is 2.39. The zero-order valence-electron chi connectivity index (χ0n) is 18.3. The number of alkyl halides is 3. The summed E-state index contributed by atoms with van der Waals surface area (Å²) in [5.41, 5.74) is 2.81. The molecule has 1 aromatic heterocycles. The van der Waals surface area contributed by atoms with Crippen molar-refractivity contribution < 1.29 is 22.7 Å². The molecule has 2 bridgehead atoms. The maximum absolute atomic E-state index is 12.3. The van der Waals surface area contributed by atoms with E-state index in [1.54, 1.807) is 6.07 Å². The van der Waals surface area contributed by atoms with Gasteiger partial charge in [0.15, 0.2) is 0 Å². The Bertz CT molecular complexity index is 1260. The summed E-state index contributed by atoms with van der Waals surface area (Å²) in [5, 5.41) is 7.12. The van der Waals surface area contributed by atoms with Crippen molar-refractivity contribution in [3.05, 3.63) is 59.8 Å². The van der Waals surface area contributed by atoms with Crippen LogP contribution in [0.3, 0.4) is 0 Å². The molecule has 2 aliphatic heterocycles. The second kappa shape index (κ2) is 8.60. The van der Waals surface area contributed by atoms with Gasteiger partial charge in [-0.05, 0) is 55.3 Å². The second-order valence-corrected chi connectivity index (χ2v) is 8.43. The highest BCUT2D eigenvalue weighted by atomic mass is 19.4. The molecule has 176 valence electrons. The summed E-state index contributed by atoms with van der Waals surface area (Å²) in [6.07, 6.45) is -0.808. The quantitative estimate of drug-likeness (QED) is 0.550. The van der Waals surface area contributed by atoms with E-state index in [1.807, 2.05) is 19.1 Å². The minimum absolute atomic E-state index is 0.320. The summed E-state index contributed by atoms with van der Waals surface area (Å²) in [6, 6.07) is 11.7. The molecular formula is C24H22F3N5O2. The number of nitrogens with one attached hydrogen (secondary N) is 2. The number of hydrogen-bond acceptors (Lipinski definition) is 6. The summed E-state index contributed by atoms with van der Waals surface area (Å²) < 4.78 is 40.6. The number of benzene rings is 2. The Morgan fingerprint density at radius 3 is 2.68 bits per heavy atom. The van der Waals surface area contributed by atoms with Crippen molar-refractivity contribution in [1.82, 2.24) is 15.3 Å². The Morgan fingerprint density at radius 2 is 2.00 bits per heavy atom. The SMILES string of the molecule is Cc1nc(N2CC3CC2CN3)nc2ccc(NC(=O)C=Cc3ccc(OC(F)(F)F)cc3)cc12. The van der Waals surface area contributed by atoms with Gasteiger partial charge in [-0.2, -0.15) is 0 Å². The predicted molar refractivity (Wildman–Crippen MR) is 123 cm³/mol. The lowest BCUT2D eigenvalue weighted by atomic mass is 10.1. The van der Waals surface area contributed by atoms with Gasteiger partial charge in [0.1, 0.15) is 5.75 Å². The summed E-state index contributed by atoms with van der Waals surface area (Å²) in [6.45, 7) is 3.79. The van der Waals surface area contributed by atoms with Crippen molar-refractivity contribution in [2.45, 2.75) is 31.8 Å². The molecule has 0 spiro atoms. The van der Waals surface area contributed by atoms with Crippen molar-refractivity contribution >= 4 is 34.5 Å². The van der Waals surface area contributed by atoms with Gasteiger partial charge in [0.2, 0.25) is 11.9 Å². The first kappa shape index (κ1) is 22.1. The summed E-state index contributed by atoms with van der Waals surface area (Å²) >= 11 is 0. The third-order valence-electron chi connectivity index (χ3n) is 6.00. The largest absolute Gasteiger partial charge is 0.573 e. The zero-order valence-corrected chi connectivity index (χ0v) is 18.3. The first-order valence-corrected chi connectivity index (χ1v) is 10.9. The lowest BCUT2D eigenvalue weighted by Gasteiger charge is -2.27. The molecule has 0 saturated carbocycles. The van der Waals surface area contributed by atoms with Crippen LogP contribution in [-0.4, -0.2) is 47.4 Å². The van der Waals surface area contributed by atoms with Gasteiger partial charge in [-0.15, -0.1) is 13.2 Å². The van der Waals surface area contributed by atoms with E-state index in [-0.39, 0.29) is 11.7 Å². The zero-order chi connectivity index (χ0) is 23.9. The Labute approximate surface area is 193 Å². The van der Waals surface area contributed by atoms with E-state index in [9.17, 15) is 18.0 Å². The van der Waals surface area contributed by atoms with Crippen LogP contribution in [0.2, 0.25) is 0 Å². The second-order valence-electron chi connectivity index (χ2n) is 8.43. The van der Waals surface area contributed by atoms with Gasteiger partial charge < -0.3 is 20.3 Å². The van der Waals surface area contributed by atoms with Crippen molar-refractivity contribution in [1.29, 1.82) is 0 Å². The number of carbonyl (C=O) groups excluding carboxylic acids is 1. The summed E-state index contributed by atoms with van der Waals surface area (Å²) in [7, 11) is 0. The molecule has 2 aromatic carbocycles. The fourth-order valence-corrected chi connectivity index (χ4v) is 4.41. The van der Waals surface area contributed by atoms with Crippen molar-refractivity contribution in [2.75, 3.05) is 23.3 Å². The number of piperazine rings is 1. The van der Waals surface area contributed by atoms with E-state index in [0.717, 1.165) is 42.1 Å². The van der Waals surface area contributed by atoms with Gasteiger partial charge in [-0.25, -0.2) is 9.97 Å². The molecule has 34 heavy (non-hydrogen) atoms. The molecule has 1 amide bonds. The summed E-state index contributed by atoms with van der Waals surface area (Å²) in [4.78, 5) is 24.1. The van der Waals surface area contributed by atoms with Crippen LogP contribution in [0.25, 0.3) is 17.0 Å². The van der Waals surface area contributed by atoms with Gasteiger partial charge in [0.05, 0.1) is 11.2 Å². The minimum Gasteiger partial charge on any atom is -0.406 e. The van der Waals surface area contributed by atoms with E-state index in [0.29, 0.717) is 23.3 Å². The van der Waals surface area contributed by atoms with Crippen LogP contribution in [0, 0.1) is 6.92 Å². The number of carbonyl (C=O) groups is 1. The Kier molecular flexibility index (Phi) is 5.60. The van der Waals surface area contributed by atoms with Crippen LogP contribution in [0.1, 0.15) is 17.7 Å². The number of anilines is 2. The van der Waals surface area contributed by atoms with Gasteiger partial charge in [-0.3, -0.25) is 4.79 Å². The fourth-order valence-electron chi connectivity index (χ4n) is 4.41. The highest BCUT2D eigenvalue weighted by Crippen LogP contribution is 2.29. The Balaban J connectivity index is 1.26. The van der Waals surface area contributed by atoms with Gasteiger partial charge in [0.25, 0.3) is 0 Å². The number of halogens is 3. The Hall–Kier alpha value is -3.66. The van der Waals surface area contributed by atoms with Crippen molar-refractivity contribution in [3.63, 3.8) is 0 Å². The molecule has 3 heterocycles. The number of aromatic nitrogens is 2. The van der Waals surface area contributed by atoms with E-state index < -0.39 is 6.36 Å². The molecular weight excluding hydrogens is 447 g/mol. The van der Waals surface area contributed by atoms with Crippen LogP contribution in [-0.2, 0) is 4.79 Å². The average Bonchev–Trinajstić information content (AvgIpc) is 3.42. The molecule has 10 heteroatoms. The van der Waals surface area contributed by atoms with Crippen LogP contribution >= 0.6 is 0 Å². The molecule has 2 saturated heterocycles. The molecule has 2 atom stereocenters. The summed E-state index contributed by atoms with van der Waals surface area (Å²) in [5.74, 6) is 0.0519. The van der Waals surface area contributed by atoms with Crippen LogP contribution in [0.4, 0.5) is 24.8 Å². The third-order valence-corrected chi connectivity index (χ3v) is 6.00. The number of ether oxygens (including phenoxy) is 1. The first-order chi connectivity index (χ1) is 16.2. The number of nitrogens with zero attached hydrogens (tertiary/aromatic N) is 3. The molecule has 2 unspecified atom stereocenters. The minimum atomic E-state index is -4.74. The predicted octanol–water partition coefficient (Wildman–Crippen LogP) is 4.04. The highest BCUT2D eigenvalue weighted by molar-refractivity contribution is 6.03. The van der Waals surface area contributed by atoms with E-state index in [2.05, 4.69) is 20.3 Å². The third kappa shape index (κ3) is 4.81. The smallest absolute Gasteiger partial charge is 0.406 e. The molecule has 2 aliphatic rings. The van der Waals surface area contributed by atoms with Crippen molar-refractivity contribution in [3.8, 4) is 5.75 Å².